The fourth-order valence-corrected chi connectivity index (χ4v) is 2.75. The third kappa shape index (κ3) is 2.52. The van der Waals surface area contributed by atoms with E-state index in [4.69, 9.17) is 16.9 Å². The molecule has 20 heavy (non-hydrogen) atoms. The van der Waals surface area contributed by atoms with Gasteiger partial charge < -0.3 is 9.47 Å². The van der Waals surface area contributed by atoms with Crippen molar-refractivity contribution in [2.75, 3.05) is 13.6 Å². The van der Waals surface area contributed by atoms with Gasteiger partial charge in [-0.3, -0.25) is 0 Å². The van der Waals surface area contributed by atoms with E-state index in [1.807, 2.05) is 12.1 Å². The van der Waals surface area contributed by atoms with Crippen LogP contribution < -0.4 is 0 Å². The lowest BCUT2D eigenvalue weighted by Gasteiger charge is -2.17. The number of aromatic nitrogens is 2. The van der Waals surface area contributed by atoms with Gasteiger partial charge in [-0.05, 0) is 38.1 Å². The van der Waals surface area contributed by atoms with Gasteiger partial charge in [0, 0.05) is 19.1 Å². The van der Waals surface area contributed by atoms with Crippen LogP contribution in [-0.4, -0.2) is 34.1 Å². The predicted molar refractivity (Wildman–Crippen MR) is 79.7 cm³/mol. The smallest absolute Gasteiger partial charge is 0.124 e. The molecule has 1 saturated carbocycles. The molecule has 0 saturated heterocycles. The number of nitriles is 1. The standard InChI is InChI=1S/C15H17ClN4/c1-19(12-3-4-12)6-7-20-14-8-11(10-17)2-5-13(14)18-15(20)9-16/h2,5,8,12H,3-4,6-7,9H2,1H3. The Kier molecular flexibility index (Phi) is 3.64. The van der Waals surface area contributed by atoms with Crippen molar-refractivity contribution in [3.8, 4) is 6.07 Å². The van der Waals surface area contributed by atoms with Gasteiger partial charge in [0.1, 0.15) is 5.82 Å². The minimum atomic E-state index is 0.393. The van der Waals surface area contributed by atoms with Gasteiger partial charge in [-0.25, -0.2) is 4.98 Å². The summed E-state index contributed by atoms with van der Waals surface area (Å²) in [6, 6.07) is 8.52. The summed E-state index contributed by atoms with van der Waals surface area (Å²) in [5.74, 6) is 1.27. The third-order valence-corrected chi connectivity index (χ3v) is 4.16. The normalized spacial score (nSPS) is 14.9. The second-order valence-electron chi connectivity index (χ2n) is 5.34. The molecule has 0 amide bonds. The molecule has 0 spiro atoms. The molecule has 0 bridgehead atoms. The van der Waals surface area contributed by atoms with Crippen LogP contribution in [0.3, 0.4) is 0 Å². The zero-order valence-corrected chi connectivity index (χ0v) is 12.3. The number of likely N-dealkylation sites (N-methyl/N-ethyl adjacent to an activating group) is 1. The van der Waals surface area contributed by atoms with Crippen molar-refractivity contribution in [3.63, 3.8) is 0 Å². The van der Waals surface area contributed by atoms with E-state index in [0.717, 1.165) is 36.0 Å². The van der Waals surface area contributed by atoms with E-state index >= 15 is 0 Å². The van der Waals surface area contributed by atoms with Crippen LogP contribution in [0.4, 0.5) is 0 Å². The Morgan fingerprint density at radius 1 is 1.50 bits per heavy atom. The van der Waals surface area contributed by atoms with E-state index in [0.29, 0.717) is 11.4 Å². The molecule has 0 aliphatic heterocycles. The highest BCUT2D eigenvalue weighted by Crippen LogP contribution is 2.25. The minimum absolute atomic E-state index is 0.393. The average molecular weight is 289 g/mol. The maximum Gasteiger partial charge on any atom is 0.124 e. The van der Waals surface area contributed by atoms with Crippen LogP contribution in [0.15, 0.2) is 18.2 Å². The third-order valence-electron chi connectivity index (χ3n) is 3.92. The zero-order valence-electron chi connectivity index (χ0n) is 11.5. The Bertz CT molecular complexity index is 666. The Labute approximate surface area is 123 Å². The molecule has 1 aliphatic carbocycles. The minimum Gasteiger partial charge on any atom is -0.326 e. The van der Waals surface area contributed by atoms with E-state index in [9.17, 15) is 0 Å². The lowest BCUT2D eigenvalue weighted by atomic mass is 10.2. The van der Waals surface area contributed by atoms with Crippen LogP contribution in [0.5, 0.6) is 0 Å². The Morgan fingerprint density at radius 3 is 2.95 bits per heavy atom. The molecule has 1 aromatic carbocycles. The number of imidazole rings is 1. The van der Waals surface area contributed by atoms with Crippen molar-refractivity contribution < 1.29 is 0 Å². The quantitative estimate of drug-likeness (QED) is 0.795. The monoisotopic (exact) mass is 288 g/mol. The van der Waals surface area contributed by atoms with Gasteiger partial charge in [0.05, 0.1) is 28.5 Å². The van der Waals surface area contributed by atoms with Gasteiger partial charge in [0.25, 0.3) is 0 Å². The molecule has 0 radical (unpaired) electrons. The van der Waals surface area contributed by atoms with Crippen LogP contribution >= 0.6 is 11.6 Å². The second-order valence-corrected chi connectivity index (χ2v) is 5.61. The highest BCUT2D eigenvalue weighted by atomic mass is 35.5. The van der Waals surface area contributed by atoms with Crippen molar-refractivity contribution in [1.82, 2.24) is 14.5 Å². The summed E-state index contributed by atoms with van der Waals surface area (Å²) in [7, 11) is 2.16. The van der Waals surface area contributed by atoms with Crippen LogP contribution in [0.2, 0.25) is 0 Å². The molecule has 1 fully saturated rings. The maximum absolute atomic E-state index is 9.04. The van der Waals surface area contributed by atoms with Crippen LogP contribution in [0.1, 0.15) is 24.2 Å². The van der Waals surface area contributed by atoms with Crippen molar-refractivity contribution in [1.29, 1.82) is 5.26 Å². The molecule has 2 aromatic rings. The van der Waals surface area contributed by atoms with Gasteiger partial charge in [0.2, 0.25) is 0 Å². The number of rotatable bonds is 5. The molecule has 3 rings (SSSR count). The first-order valence-electron chi connectivity index (χ1n) is 6.88. The maximum atomic E-state index is 9.04. The van der Waals surface area contributed by atoms with Gasteiger partial charge in [-0.1, -0.05) is 0 Å². The fourth-order valence-electron chi connectivity index (χ4n) is 2.55. The molecule has 0 atom stereocenters. The molecule has 1 aromatic heterocycles. The van der Waals surface area contributed by atoms with Crippen LogP contribution in [0, 0.1) is 11.3 Å². The SMILES string of the molecule is CN(CCn1c(CCl)nc2ccc(C#N)cc21)C1CC1. The average Bonchev–Trinajstić information content (AvgIpc) is 3.26. The van der Waals surface area contributed by atoms with Crippen molar-refractivity contribution >= 4 is 22.6 Å². The first kappa shape index (κ1) is 13.4. The molecular weight excluding hydrogens is 272 g/mol. The van der Waals surface area contributed by atoms with E-state index in [2.05, 4.69) is 27.6 Å². The molecular formula is C15H17ClN4. The Hall–Kier alpha value is -1.57. The highest BCUT2D eigenvalue weighted by molar-refractivity contribution is 6.16. The first-order valence-corrected chi connectivity index (χ1v) is 7.42. The number of benzene rings is 1. The number of nitrogens with zero attached hydrogens (tertiary/aromatic N) is 4. The van der Waals surface area contributed by atoms with Gasteiger partial charge >= 0.3 is 0 Å². The van der Waals surface area contributed by atoms with Crippen molar-refractivity contribution in [2.24, 2.45) is 0 Å². The summed E-state index contributed by atoms with van der Waals surface area (Å²) < 4.78 is 2.14. The Balaban J connectivity index is 1.91. The zero-order chi connectivity index (χ0) is 14.1. The number of fused-ring (bicyclic) bond motifs is 1. The van der Waals surface area contributed by atoms with Gasteiger partial charge in [-0.2, -0.15) is 5.26 Å². The summed E-state index contributed by atoms with van der Waals surface area (Å²) in [5.41, 5.74) is 2.58. The largest absolute Gasteiger partial charge is 0.326 e. The summed E-state index contributed by atoms with van der Waals surface area (Å²) >= 11 is 6.01. The second kappa shape index (κ2) is 5.43. The summed E-state index contributed by atoms with van der Waals surface area (Å²) in [5, 5.41) is 9.04. The lowest BCUT2D eigenvalue weighted by Crippen LogP contribution is -2.25. The number of hydrogen-bond acceptors (Lipinski definition) is 3. The highest BCUT2D eigenvalue weighted by Gasteiger charge is 2.25. The molecule has 104 valence electrons. The summed E-state index contributed by atoms with van der Waals surface area (Å²) in [6.45, 7) is 1.84. The van der Waals surface area contributed by atoms with Crippen LogP contribution in [-0.2, 0) is 12.4 Å². The van der Waals surface area contributed by atoms with E-state index in [-0.39, 0.29) is 0 Å². The van der Waals surface area contributed by atoms with E-state index in [1.165, 1.54) is 12.8 Å². The molecule has 1 aliphatic rings. The molecule has 0 unspecified atom stereocenters. The topological polar surface area (TPSA) is 44.9 Å². The summed E-state index contributed by atoms with van der Waals surface area (Å²) in [6.07, 6.45) is 2.62. The molecule has 1 heterocycles. The van der Waals surface area contributed by atoms with Crippen molar-refractivity contribution in [2.45, 2.75) is 31.3 Å². The molecule has 0 N–H and O–H groups in total. The van der Waals surface area contributed by atoms with Gasteiger partial charge in [-0.15, -0.1) is 11.6 Å². The predicted octanol–water partition coefficient (Wildman–Crippen LogP) is 2.74. The van der Waals surface area contributed by atoms with E-state index in [1.54, 1.807) is 6.07 Å². The first-order chi connectivity index (χ1) is 9.72. The number of halogens is 1. The lowest BCUT2D eigenvalue weighted by molar-refractivity contribution is 0.309. The van der Waals surface area contributed by atoms with E-state index < -0.39 is 0 Å². The molecule has 4 nitrogen and oxygen atoms in total. The number of hydrogen-bond donors (Lipinski definition) is 0. The van der Waals surface area contributed by atoms with Gasteiger partial charge in [0.15, 0.2) is 0 Å². The molecule has 5 heteroatoms. The van der Waals surface area contributed by atoms with Crippen molar-refractivity contribution in [3.05, 3.63) is 29.6 Å². The Morgan fingerprint density at radius 2 is 2.30 bits per heavy atom. The fraction of sp³-hybridized carbons (Fsp3) is 0.467. The number of alkyl halides is 1. The summed E-state index contributed by atoms with van der Waals surface area (Å²) in [4.78, 5) is 6.93. The van der Waals surface area contributed by atoms with Crippen LogP contribution in [0.25, 0.3) is 11.0 Å².